The van der Waals surface area contributed by atoms with E-state index in [0.717, 1.165) is 25.7 Å². The largest absolute Gasteiger partial charge is 0.377 e. The molecule has 0 aromatic carbocycles. The lowest BCUT2D eigenvalue weighted by Gasteiger charge is -2.38. The molecule has 1 saturated heterocycles. The van der Waals surface area contributed by atoms with Crippen LogP contribution in [0.4, 0.5) is 0 Å². The van der Waals surface area contributed by atoms with Crippen molar-refractivity contribution in [3.63, 3.8) is 0 Å². The van der Waals surface area contributed by atoms with E-state index in [1.54, 1.807) is 0 Å². The number of ether oxygens (including phenoxy) is 1. The molecule has 2 atom stereocenters. The van der Waals surface area contributed by atoms with Gasteiger partial charge in [-0.1, -0.05) is 6.42 Å². The zero-order chi connectivity index (χ0) is 11.4. The van der Waals surface area contributed by atoms with Gasteiger partial charge >= 0.3 is 0 Å². The lowest BCUT2D eigenvalue weighted by atomic mass is 9.91. The van der Waals surface area contributed by atoms with E-state index in [0.29, 0.717) is 12.1 Å². The van der Waals surface area contributed by atoms with Crippen molar-refractivity contribution in [2.45, 2.75) is 57.2 Å². The second-order valence-corrected chi connectivity index (χ2v) is 5.39. The van der Waals surface area contributed by atoms with Gasteiger partial charge in [-0.25, -0.2) is 0 Å². The van der Waals surface area contributed by atoms with Crippen LogP contribution in [0, 0.1) is 0 Å². The summed E-state index contributed by atoms with van der Waals surface area (Å²) in [7, 11) is 2.27. The Morgan fingerprint density at radius 3 is 2.69 bits per heavy atom. The lowest BCUT2D eigenvalue weighted by molar-refractivity contribution is 0.0975. The van der Waals surface area contributed by atoms with Gasteiger partial charge in [-0.3, -0.25) is 4.90 Å². The SMILES string of the molecule is CC(CNCC1CCCO1)N(C)C1CCC1. The predicted molar refractivity (Wildman–Crippen MR) is 66.7 cm³/mol. The van der Waals surface area contributed by atoms with Crippen molar-refractivity contribution < 1.29 is 4.74 Å². The van der Waals surface area contributed by atoms with Gasteiger partial charge in [0.05, 0.1) is 6.10 Å². The Bertz CT molecular complexity index is 200. The second kappa shape index (κ2) is 5.99. The number of hydrogen-bond donors (Lipinski definition) is 1. The Labute approximate surface area is 99.5 Å². The Morgan fingerprint density at radius 1 is 1.31 bits per heavy atom. The number of hydrogen-bond acceptors (Lipinski definition) is 3. The van der Waals surface area contributed by atoms with Crippen molar-refractivity contribution in [1.29, 1.82) is 0 Å². The highest BCUT2D eigenvalue weighted by Crippen LogP contribution is 2.24. The highest BCUT2D eigenvalue weighted by Gasteiger charge is 2.25. The fraction of sp³-hybridized carbons (Fsp3) is 1.00. The first-order valence-corrected chi connectivity index (χ1v) is 6.81. The van der Waals surface area contributed by atoms with E-state index < -0.39 is 0 Å². The van der Waals surface area contributed by atoms with Gasteiger partial charge in [-0.05, 0) is 39.7 Å². The molecule has 0 aromatic heterocycles. The molecular formula is C13H26N2O. The molecule has 2 rings (SSSR count). The van der Waals surface area contributed by atoms with Crippen molar-refractivity contribution in [3.8, 4) is 0 Å². The van der Waals surface area contributed by atoms with Crippen LogP contribution >= 0.6 is 0 Å². The summed E-state index contributed by atoms with van der Waals surface area (Å²) in [5.41, 5.74) is 0. The maximum atomic E-state index is 5.60. The van der Waals surface area contributed by atoms with Gasteiger partial charge in [0.15, 0.2) is 0 Å². The van der Waals surface area contributed by atoms with Crippen molar-refractivity contribution in [3.05, 3.63) is 0 Å². The fourth-order valence-electron chi connectivity index (χ4n) is 2.56. The molecule has 2 unspecified atom stereocenters. The fourth-order valence-corrected chi connectivity index (χ4v) is 2.56. The first-order chi connectivity index (χ1) is 7.77. The van der Waals surface area contributed by atoms with Crippen LogP contribution in [0.1, 0.15) is 39.0 Å². The normalized spacial score (nSPS) is 28.3. The molecule has 3 heteroatoms. The van der Waals surface area contributed by atoms with Crippen LogP contribution in [-0.4, -0.2) is 49.8 Å². The smallest absolute Gasteiger partial charge is 0.0700 e. The molecule has 1 saturated carbocycles. The summed E-state index contributed by atoms with van der Waals surface area (Å²) in [6, 6.07) is 1.49. The summed E-state index contributed by atoms with van der Waals surface area (Å²) in [5, 5.41) is 3.54. The zero-order valence-electron chi connectivity index (χ0n) is 10.7. The van der Waals surface area contributed by atoms with E-state index in [9.17, 15) is 0 Å². The molecule has 0 aromatic rings. The van der Waals surface area contributed by atoms with E-state index >= 15 is 0 Å². The van der Waals surface area contributed by atoms with Crippen LogP contribution in [0.15, 0.2) is 0 Å². The summed E-state index contributed by atoms with van der Waals surface area (Å²) in [6.45, 7) is 5.40. The van der Waals surface area contributed by atoms with Crippen molar-refractivity contribution in [2.75, 3.05) is 26.7 Å². The summed E-state index contributed by atoms with van der Waals surface area (Å²) in [5.74, 6) is 0. The van der Waals surface area contributed by atoms with Gasteiger partial charge in [-0.2, -0.15) is 0 Å². The van der Waals surface area contributed by atoms with Crippen LogP contribution in [0.25, 0.3) is 0 Å². The molecule has 0 bridgehead atoms. The summed E-state index contributed by atoms with van der Waals surface area (Å²) in [6.07, 6.45) is 7.16. The Balaban J connectivity index is 1.57. The van der Waals surface area contributed by atoms with E-state index in [1.807, 2.05) is 0 Å². The molecule has 0 radical (unpaired) electrons. The minimum atomic E-state index is 0.473. The van der Waals surface area contributed by atoms with Crippen LogP contribution in [0.3, 0.4) is 0 Å². The Kier molecular flexibility index (Phi) is 4.62. The van der Waals surface area contributed by atoms with Crippen LogP contribution in [0.2, 0.25) is 0 Å². The Hall–Kier alpha value is -0.120. The standard InChI is InChI=1S/C13H26N2O/c1-11(15(2)12-5-3-6-12)9-14-10-13-7-4-8-16-13/h11-14H,3-10H2,1-2H3. The maximum absolute atomic E-state index is 5.60. The van der Waals surface area contributed by atoms with Crippen molar-refractivity contribution in [2.24, 2.45) is 0 Å². The highest BCUT2D eigenvalue weighted by atomic mass is 16.5. The van der Waals surface area contributed by atoms with E-state index in [4.69, 9.17) is 4.74 Å². The van der Waals surface area contributed by atoms with Gasteiger partial charge in [0.2, 0.25) is 0 Å². The van der Waals surface area contributed by atoms with Crippen LogP contribution in [0.5, 0.6) is 0 Å². The molecule has 3 nitrogen and oxygen atoms in total. The van der Waals surface area contributed by atoms with Gasteiger partial charge in [0.25, 0.3) is 0 Å². The second-order valence-electron chi connectivity index (χ2n) is 5.39. The first-order valence-electron chi connectivity index (χ1n) is 6.81. The molecule has 1 aliphatic carbocycles. The van der Waals surface area contributed by atoms with E-state index in [2.05, 4.69) is 24.2 Å². The summed E-state index contributed by atoms with van der Waals surface area (Å²) < 4.78 is 5.60. The first kappa shape index (κ1) is 12.3. The third-order valence-corrected chi connectivity index (χ3v) is 4.18. The lowest BCUT2D eigenvalue weighted by Crippen LogP contribution is -2.47. The third-order valence-electron chi connectivity index (χ3n) is 4.18. The van der Waals surface area contributed by atoms with Gasteiger partial charge in [0, 0.05) is 31.8 Å². The third kappa shape index (κ3) is 3.19. The monoisotopic (exact) mass is 226 g/mol. The molecule has 1 N–H and O–H groups in total. The predicted octanol–water partition coefficient (Wildman–Crippen LogP) is 1.63. The van der Waals surface area contributed by atoms with Crippen LogP contribution in [-0.2, 0) is 4.74 Å². The number of nitrogens with zero attached hydrogens (tertiary/aromatic N) is 1. The zero-order valence-corrected chi connectivity index (χ0v) is 10.7. The summed E-state index contributed by atoms with van der Waals surface area (Å²) >= 11 is 0. The van der Waals surface area contributed by atoms with Crippen molar-refractivity contribution in [1.82, 2.24) is 10.2 Å². The molecule has 2 aliphatic rings. The van der Waals surface area contributed by atoms with E-state index in [-0.39, 0.29) is 0 Å². The molecule has 1 aliphatic heterocycles. The molecule has 0 amide bonds. The molecule has 1 heterocycles. The van der Waals surface area contributed by atoms with Gasteiger partial charge in [-0.15, -0.1) is 0 Å². The van der Waals surface area contributed by atoms with Crippen molar-refractivity contribution >= 4 is 0 Å². The van der Waals surface area contributed by atoms with Gasteiger partial charge in [0.1, 0.15) is 0 Å². The summed E-state index contributed by atoms with van der Waals surface area (Å²) in [4.78, 5) is 2.53. The average Bonchev–Trinajstić information content (AvgIpc) is 2.67. The molecule has 0 spiro atoms. The molecule has 94 valence electrons. The van der Waals surface area contributed by atoms with E-state index in [1.165, 1.54) is 32.1 Å². The minimum absolute atomic E-state index is 0.473. The number of nitrogens with one attached hydrogen (secondary N) is 1. The number of rotatable bonds is 6. The molecule has 2 fully saturated rings. The maximum Gasteiger partial charge on any atom is 0.0700 e. The quantitative estimate of drug-likeness (QED) is 0.745. The minimum Gasteiger partial charge on any atom is -0.377 e. The molecule has 16 heavy (non-hydrogen) atoms. The average molecular weight is 226 g/mol. The van der Waals surface area contributed by atoms with Crippen LogP contribution < -0.4 is 5.32 Å². The highest BCUT2D eigenvalue weighted by molar-refractivity contribution is 4.82. The Morgan fingerprint density at radius 2 is 2.12 bits per heavy atom. The van der Waals surface area contributed by atoms with Gasteiger partial charge < -0.3 is 10.1 Å². The topological polar surface area (TPSA) is 24.5 Å². The molecular weight excluding hydrogens is 200 g/mol. The number of likely N-dealkylation sites (N-methyl/N-ethyl adjacent to an activating group) is 1.